The summed E-state index contributed by atoms with van der Waals surface area (Å²) in [6.07, 6.45) is 3.11. The van der Waals surface area contributed by atoms with E-state index in [1.54, 1.807) is 48.4 Å². The summed E-state index contributed by atoms with van der Waals surface area (Å²) in [5, 5.41) is 19.8. The van der Waals surface area contributed by atoms with E-state index in [2.05, 4.69) is 25.7 Å². The van der Waals surface area contributed by atoms with Crippen molar-refractivity contribution in [1.82, 2.24) is 30.0 Å². The highest BCUT2D eigenvalue weighted by atomic mass is 35.5. The Labute approximate surface area is 250 Å². The number of aromatic nitrogens is 4. The molecule has 0 unspecified atom stereocenters. The molecule has 1 saturated heterocycles. The Bertz CT molecular complexity index is 1750. The number of nitrogens with one attached hydrogen (secondary N) is 2. The lowest BCUT2D eigenvalue weighted by atomic mass is 10.0. The fourth-order valence-corrected chi connectivity index (χ4v) is 4.84. The second-order valence-corrected chi connectivity index (χ2v) is 10.1. The zero-order valence-electron chi connectivity index (χ0n) is 22.4. The van der Waals surface area contributed by atoms with Crippen LogP contribution >= 0.6 is 23.2 Å². The van der Waals surface area contributed by atoms with Crippen LogP contribution in [-0.4, -0.2) is 62.6 Å². The summed E-state index contributed by atoms with van der Waals surface area (Å²) in [6, 6.07) is 12.8. The maximum atomic E-state index is 13.8. The molecule has 14 heteroatoms. The van der Waals surface area contributed by atoms with Crippen LogP contribution < -0.4 is 15.5 Å². The quantitative estimate of drug-likeness (QED) is 0.300. The lowest BCUT2D eigenvalue weighted by Gasteiger charge is -2.17. The van der Waals surface area contributed by atoms with Crippen LogP contribution in [-0.2, 0) is 6.54 Å². The van der Waals surface area contributed by atoms with E-state index >= 15 is 0 Å². The van der Waals surface area contributed by atoms with Gasteiger partial charge in [0.1, 0.15) is 10.8 Å². The van der Waals surface area contributed by atoms with Crippen molar-refractivity contribution in [3.63, 3.8) is 0 Å². The Morgan fingerprint density at radius 3 is 2.60 bits per heavy atom. The van der Waals surface area contributed by atoms with Crippen LogP contribution in [0.5, 0.6) is 0 Å². The summed E-state index contributed by atoms with van der Waals surface area (Å²) in [7, 11) is 1.45. The van der Waals surface area contributed by atoms with E-state index in [0.29, 0.717) is 30.4 Å². The molecule has 1 fully saturated rings. The van der Waals surface area contributed by atoms with Crippen molar-refractivity contribution in [2.75, 3.05) is 30.4 Å². The molecular weight excluding hydrogens is 581 g/mol. The summed E-state index contributed by atoms with van der Waals surface area (Å²) >= 11 is 12.3. The van der Waals surface area contributed by atoms with Gasteiger partial charge in [0.2, 0.25) is 0 Å². The van der Waals surface area contributed by atoms with Gasteiger partial charge in [0, 0.05) is 45.1 Å². The molecule has 0 atom stereocenters. The molecule has 12 nitrogen and oxygen atoms in total. The second kappa shape index (κ2) is 11.9. The number of carbonyl (C=O) groups is 3. The number of pyridine rings is 2. The molecule has 1 aromatic carbocycles. The third-order valence-electron chi connectivity index (χ3n) is 6.58. The molecule has 5 rings (SSSR count). The largest absolute Gasteiger partial charge is 0.355 e. The number of hydrogen-bond donors (Lipinski definition) is 2. The fraction of sp³-hybridized carbons (Fsp3) is 0.179. The van der Waals surface area contributed by atoms with E-state index in [9.17, 15) is 19.6 Å². The molecule has 4 heterocycles. The van der Waals surface area contributed by atoms with Crippen LogP contribution in [0, 0.1) is 18.3 Å². The zero-order chi connectivity index (χ0) is 30.0. The van der Waals surface area contributed by atoms with Gasteiger partial charge in [-0.1, -0.05) is 29.3 Å². The van der Waals surface area contributed by atoms with Crippen molar-refractivity contribution >= 4 is 52.6 Å². The first-order valence-corrected chi connectivity index (χ1v) is 13.4. The maximum absolute atomic E-state index is 13.8. The molecule has 0 saturated carbocycles. The molecule has 0 spiro atoms. The number of nitriles is 1. The summed E-state index contributed by atoms with van der Waals surface area (Å²) in [4.78, 5) is 51.2. The van der Waals surface area contributed by atoms with Gasteiger partial charge in [0.25, 0.3) is 11.8 Å². The van der Waals surface area contributed by atoms with Crippen LogP contribution in [0.2, 0.25) is 10.2 Å². The molecule has 2 N–H and O–H groups in total. The highest BCUT2D eigenvalue weighted by Gasteiger charge is 2.33. The summed E-state index contributed by atoms with van der Waals surface area (Å²) in [5.41, 5.74) is 1.94. The Balaban J connectivity index is 1.50. The Morgan fingerprint density at radius 2 is 1.90 bits per heavy atom. The SMILES string of the molecule is CNC(=O)c1cc(C#N)cc(C)c1NC(=O)c1cc(N2CCN(Cc3ccc(Cl)nc3)C2=O)nn1-c1ncccc1Cl. The standard InChI is InChI=1S/C28H23Cl2N9O3/c1-16-10-18(13-31)11-19(26(40)32-2)24(16)35-27(41)21-12-23(36-39(21)25-20(29)4-3-7-33-25)38-9-8-37(28(38)42)15-17-5-6-22(30)34-14-17/h3-7,10-12,14H,8-9,15H2,1-2H3,(H,32,40)(H,35,41). The highest BCUT2D eigenvalue weighted by Crippen LogP contribution is 2.28. The van der Waals surface area contributed by atoms with Crippen molar-refractivity contribution in [2.24, 2.45) is 0 Å². The maximum Gasteiger partial charge on any atom is 0.326 e. The van der Waals surface area contributed by atoms with Gasteiger partial charge in [-0.25, -0.2) is 19.4 Å². The smallest absolute Gasteiger partial charge is 0.326 e. The number of carbonyl (C=O) groups excluding carboxylic acids is 3. The molecule has 0 radical (unpaired) electrons. The van der Waals surface area contributed by atoms with E-state index in [1.807, 2.05) is 6.07 Å². The number of benzene rings is 1. The first-order valence-electron chi connectivity index (χ1n) is 12.7. The van der Waals surface area contributed by atoms with Crippen molar-refractivity contribution in [2.45, 2.75) is 13.5 Å². The Kier molecular flexibility index (Phi) is 8.06. The third-order valence-corrected chi connectivity index (χ3v) is 7.10. The number of aryl methyl sites for hydroxylation is 1. The van der Waals surface area contributed by atoms with Gasteiger partial charge in [0.15, 0.2) is 11.6 Å². The predicted molar refractivity (Wildman–Crippen MR) is 156 cm³/mol. The van der Waals surface area contributed by atoms with E-state index in [1.165, 1.54) is 35.0 Å². The van der Waals surface area contributed by atoms with E-state index in [4.69, 9.17) is 23.2 Å². The Hall–Kier alpha value is -4.99. The molecular formula is C28H23Cl2N9O3. The average Bonchev–Trinajstić information content (AvgIpc) is 3.58. The second-order valence-electron chi connectivity index (χ2n) is 9.31. The van der Waals surface area contributed by atoms with Gasteiger partial charge in [0.05, 0.1) is 27.9 Å². The van der Waals surface area contributed by atoms with Crippen LogP contribution in [0.4, 0.5) is 16.3 Å². The minimum atomic E-state index is -0.635. The average molecular weight is 604 g/mol. The normalized spacial score (nSPS) is 12.8. The van der Waals surface area contributed by atoms with Crippen molar-refractivity contribution in [3.8, 4) is 11.9 Å². The number of anilines is 2. The molecule has 212 valence electrons. The van der Waals surface area contributed by atoms with Crippen molar-refractivity contribution in [1.29, 1.82) is 5.26 Å². The zero-order valence-corrected chi connectivity index (χ0v) is 23.9. The number of halogens is 2. The molecule has 1 aliphatic rings. The molecule has 0 aliphatic carbocycles. The monoisotopic (exact) mass is 603 g/mol. The summed E-state index contributed by atoms with van der Waals surface area (Å²) in [5.74, 6) is -0.726. The summed E-state index contributed by atoms with van der Waals surface area (Å²) < 4.78 is 1.25. The molecule has 3 aromatic heterocycles. The molecule has 4 amide bonds. The van der Waals surface area contributed by atoms with Crippen LogP contribution in [0.3, 0.4) is 0 Å². The summed E-state index contributed by atoms with van der Waals surface area (Å²) in [6.45, 7) is 2.73. The van der Waals surface area contributed by atoms with Crippen molar-refractivity contribution < 1.29 is 14.4 Å². The molecule has 1 aliphatic heterocycles. The van der Waals surface area contributed by atoms with Gasteiger partial charge in [-0.3, -0.25) is 14.5 Å². The first-order chi connectivity index (χ1) is 20.2. The number of urea groups is 1. The Morgan fingerprint density at radius 1 is 1.10 bits per heavy atom. The number of amides is 4. The lowest BCUT2D eigenvalue weighted by molar-refractivity contribution is 0.0964. The van der Waals surface area contributed by atoms with Crippen LogP contribution in [0.1, 0.15) is 37.5 Å². The topological polar surface area (TPSA) is 149 Å². The van der Waals surface area contributed by atoms with Crippen LogP contribution in [0.25, 0.3) is 5.82 Å². The van der Waals surface area contributed by atoms with Crippen LogP contribution in [0.15, 0.2) is 54.9 Å². The molecule has 42 heavy (non-hydrogen) atoms. The van der Waals surface area contributed by atoms with E-state index in [0.717, 1.165) is 5.56 Å². The predicted octanol–water partition coefficient (Wildman–Crippen LogP) is 4.20. The van der Waals surface area contributed by atoms with Gasteiger partial charge in [-0.2, -0.15) is 5.26 Å². The number of rotatable bonds is 7. The number of nitrogens with zero attached hydrogens (tertiary/aromatic N) is 7. The van der Waals surface area contributed by atoms with Gasteiger partial charge in [-0.05, 0) is 48.4 Å². The molecule has 4 aromatic rings. The number of hydrogen-bond acceptors (Lipinski definition) is 7. The van der Waals surface area contributed by atoms with Gasteiger partial charge >= 0.3 is 6.03 Å². The van der Waals surface area contributed by atoms with E-state index < -0.39 is 11.8 Å². The minimum Gasteiger partial charge on any atom is -0.355 e. The third kappa shape index (κ3) is 5.60. The van der Waals surface area contributed by atoms with Gasteiger partial charge in [-0.15, -0.1) is 5.10 Å². The highest BCUT2D eigenvalue weighted by molar-refractivity contribution is 6.32. The first kappa shape index (κ1) is 28.5. The van der Waals surface area contributed by atoms with E-state index in [-0.39, 0.29) is 45.2 Å². The fourth-order valence-electron chi connectivity index (χ4n) is 4.53. The minimum absolute atomic E-state index is 0.0189. The van der Waals surface area contributed by atoms with Gasteiger partial charge < -0.3 is 15.5 Å². The molecule has 0 bridgehead atoms. The van der Waals surface area contributed by atoms with Crippen molar-refractivity contribution in [3.05, 3.63) is 93.0 Å². The lowest BCUT2D eigenvalue weighted by Crippen LogP contribution is -2.31.